The normalized spacial score (nSPS) is 11.4. The van der Waals surface area contributed by atoms with Crippen molar-refractivity contribution in [1.82, 2.24) is 0 Å². The quantitative estimate of drug-likeness (QED) is 0.104. The van der Waals surface area contributed by atoms with E-state index >= 15 is 0 Å². The summed E-state index contributed by atoms with van der Waals surface area (Å²) in [4.78, 5) is 0. The van der Waals surface area contributed by atoms with E-state index in [1.54, 1.807) is 12.1 Å². The van der Waals surface area contributed by atoms with Crippen LogP contribution in [0.5, 0.6) is 0 Å². The van der Waals surface area contributed by atoms with E-state index in [9.17, 15) is 4.39 Å². The lowest BCUT2D eigenvalue weighted by molar-refractivity contribution is 0.628. The second-order valence-electron chi connectivity index (χ2n) is 29.8. The van der Waals surface area contributed by atoms with Crippen molar-refractivity contribution in [3.8, 4) is 33.4 Å². The fraction of sp³-hybridized carbons (Fsp3) is 0. The number of hydrogen-bond donors (Lipinski definition) is 4. The SMILES string of the molecule is Fc1ccc(Nc2cc3c4ccccc4sc3c3ccccc23)cc1.c1ccc(-c2cc(Nc3cc4c5ccccc5sc4c4ccccc34)cc3ccccc23)cc1.c1ccc(-c2cccc(-c3ccc(Nc4ccc5sc6ccccc6c5c4)cc3)c2)cc1.c1ccc2cc(Nc3cc4c5ccccc5sc4c4ccccc34)ccc2c1. The Kier molecular flexibility index (Phi) is 19.3. The summed E-state index contributed by atoms with van der Waals surface area (Å²) in [5, 5.41) is 37.5. The van der Waals surface area contributed by atoms with Crippen molar-refractivity contribution in [3.05, 3.63) is 424 Å². The summed E-state index contributed by atoms with van der Waals surface area (Å²) in [6.45, 7) is 0. The van der Waals surface area contributed by atoms with Gasteiger partial charge in [0.1, 0.15) is 5.82 Å². The molecule has 0 amide bonds. The zero-order valence-corrected chi connectivity index (χ0v) is 67.6. The number of fused-ring (bicyclic) bond motifs is 20. The van der Waals surface area contributed by atoms with Gasteiger partial charge in [0.2, 0.25) is 0 Å². The maximum absolute atomic E-state index is 13.2. The van der Waals surface area contributed by atoms with Crippen LogP contribution in [0.15, 0.2) is 419 Å². The van der Waals surface area contributed by atoms with Gasteiger partial charge in [0.25, 0.3) is 0 Å². The molecule has 0 bridgehead atoms. The first-order valence-corrected chi connectivity index (χ1v) is 43.2. The average molecular weight is 1600 g/mol. The molecule has 0 saturated heterocycles. The summed E-state index contributed by atoms with van der Waals surface area (Å²) < 4.78 is 23.8. The van der Waals surface area contributed by atoms with Gasteiger partial charge in [-0.15, -0.1) is 45.3 Å². The highest BCUT2D eigenvalue weighted by Gasteiger charge is 2.18. The van der Waals surface area contributed by atoms with Crippen molar-refractivity contribution in [2.75, 3.05) is 21.3 Å². The van der Waals surface area contributed by atoms with Gasteiger partial charge in [-0.2, -0.15) is 0 Å². The molecule has 9 heteroatoms. The molecule has 119 heavy (non-hydrogen) atoms. The van der Waals surface area contributed by atoms with Crippen LogP contribution in [0.1, 0.15) is 0 Å². The van der Waals surface area contributed by atoms with Crippen LogP contribution in [0.25, 0.3) is 168 Å². The van der Waals surface area contributed by atoms with Crippen LogP contribution in [0, 0.1) is 5.82 Å². The molecule has 0 radical (unpaired) electrons. The number of hydrogen-bond acceptors (Lipinski definition) is 8. The Bertz CT molecular complexity index is 7950. The molecule has 0 atom stereocenters. The van der Waals surface area contributed by atoms with Gasteiger partial charge in [0.15, 0.2) is 0 Å². The van der Waals surface area contributed by atoms with Gasteiger partial charge in [0, 0.05) is 159 Å². The second-order valence-corrected chi connectivity index (χ2v) is 34.1. The first-order chi connectivity index (χ1) is 58.8. The van der Waals surface area contributed by atoms with Crippen molar-refractivity contribution >= 4 is 225 Å². The van der Waals surface area contributed by atoms with E-state index in [1.807, 2.05) is 45.3 Å². The van der Waals surface area contributed by atoms with Crippen LogP contribution in [-0.4, -0.2) is 0 Å². The van der Waals surface area contributed by atoms with Crippen molar-refractivity contribution < 1.29 is 4.39 Å². The Morgan fingerprint density at radius 2 is 0.513 bits per heavy atom. The summed E-state index contributed by atoms with van der Waals surface area (Å²) in [7, 11) is 0. The molecule has 4 aromatic heterocycles. The van der Waals surface area contributed by atoms with Crippen molar-refractivity contribution in [2.24, 2.45) is 0 Å². The highest BCUT2D eigenvalue weighted by molar-refractivity contribution is 7.28. The molecule has 4 N–H and O–H groups in total. The van der Waals surface area contributed by atoms with Crippen LogP contribution in [0.4, 0.5) is 49.9 Å². The Hall–Kier alpha value is -14.3. The molecule has 0 aliphatic carbocycles. The molecule has 24 rings (SSSR count). The van der Waals surface area contributed by atoms with Crippen LogP contribution >= 0.6 is 45.3 Å². The number of nitrogens with one attached hydrogen (secondary N) is 4. The molecule has 4 nitrogen and oxygen atoms in total. The summed E-state index contributed by atoms with van der Waals surface area (Å²) in [5.74, 6) is -0.227. The molecule has 24 aromatic rings. The number of rotatable bonds is 11. The third kappa shape index (κ3) is 14.4. The lowest BCUT2D eigenvalue weighted by Gasteiger charge is -2.15. The molecule has 4 heterocycles. The third-order valence-electron chi connectivity index (χ3n) is 22.4. The minimum atomic E-state index is -0.227. The molecule has 0 aliphatic heterocycles. The van der Waals surface area contributed by atoms with Crippen LogP contribution < -0.4 is 21.3 Å². The number of anilines is 8. The molecule has 0 aliphatic rings. The van der Waals surface area contributed by atoms with Gasteiger partial charge in [-0.3, -0.25) is 0 Å². The summed E-state index contributed by atoms with van der Waals surface area (Å²) in [6, 6.07) is 147. The highest BCUT2D eigenvalue weighted by atomic mass is 32.1. The lowest BCUT2D eigenvalue weighted by atomic mass is 9.97. The largest absolute Gasteiger partial charge is 0.356 e. The molecule has 0 unspecified atom stereocenters. The number of halogens is 1. The Labute approximate surface area is 703 Å². The Balaban J connectivity index is 0.0000000990. The fourth-order valence-corrected chi connectivity index (χ4v) is 21.4. The summed E-state index contributed by atoms with van der Waals surface area (Å²) >= 11 is 7.44. The Morgan fingerprint density at radius 3 is 1.04 bits per heavy atom. The van der Waals surface area contributed by atoms with E-state index in [1.165, 1.54) is 180 Å². The van der Waals surface area contributed by atoms with E-state index in [2.05, 4.69) is 416 Å². The van der Waals surface area contributed by atoms with Crippen molar-refractivity contribution in [2.45, 2.75) is 0 Å². The maximum Gasteiger partial charge on any atom is 0.123 e. The molecule has 0 saturated carbocycles. The third-order valence-corrected chi connectivity index (χ3v) is 27.2. The monoisotopic (exact) mass is 1600 g/mol. The molecule has 564 valence electrons. The highest BCUT2D eigenvalue weighted by Crippen LogP contribution is 2.47. The van der Waals surface area contributed by atoms with Gasteiger partial charge in [-0.25, -0.2) is 4.39 Å². The van der Waals surface area contributed by atoms with E-state index < -0.39 is 0 Å². The van der Waals surface area contributed by atoms with E-state index in [-0.39, 0.29) is 5.82 Å². The summed E-state index contributed by atoms with van der Waals surface area (Å²) in [6.07, 6.45) is 0. The van der Waals surface area contributed by atoms with Gasteiger partial charge in [0.05, 0.1) is 0 Å². The minimum Gasteiger partial charge on any atom is -0.356 e. The van der Waals surface area contributed by atoms with Gasteiger partial charge < -0.3 is 21.3 Å². The second kappa shape index (κ2) is 31.7. The minimum absolute atomic E-state index is 0.227. The molecular formula is C110H73FN4S4. The van der Waals surface area contributed by atoms with Crippen molar-refractivity contribution in [3.63, 3.8) is 0 Å². The average Bonchev–Trinajstić information content (AvgIpc) is 1.64. The van der Waals surface area contributed by atoms with Gasteiger partial charge in [-0.05, 0) is 182 Å². The van der Waals surface area contributed by atoms with Gasteiger partial charge >= 0.3 is 0 Å². The lowest BCUT2D eigenvalue weighted by Crippen LogP contribution is -1.93. The predicted molar refractivity (Wildman–Crippen MR) is 520 cm³/mol. The maximum atomic E-state index is 13.2. The van der Waals surface area contributed by atoms with E-state index in [0.717, 1.165) is 45.5 Å². The first-order valence-electron chi connectivity index (χ1n) is 39.9. The topological polar surface area (TPSA) is 48.1 Å². The van der Waals surface area contributed by atoms with Gasteiger partial charge in [-0.1, -0.05) is 291 Å². The smallest absolute Gasteiger partial charge is 0.123 e. The van der Waals surface area contributed by atoms with Crippen LogP contribution in [0.2, 0.25) is 0 Å². The number of thiophene rings is 4. The molecule has 20 aromatic carbocycles. The zero-order chi connectivity index (χ0) is 79.1. The standard InChI is InChI=1S/C32H21NS.C30H21NS.C26H17NS.C22H14FNS/c1-2-10-21(11-3-1)28-19-23(18-22-12-4-5-13-24(22)28)33-30-20-29-26-15-8-9-17-31(26)34-32(29)27-16-7-6-14-25(27)30;1-2-7-21(8-3-1)23-9-6-10-24(19-23)22-13-15-25(16-14-22)31-26-17-18-30-28(20-26)27-11-4-5-12-29(27)32-30;1-2-8-18-15-19(14-13-17(18)7-1)27-24-16-23-21-10-5-6-12-25(21)28-26(23)22-11-4-3-9-20(22)24;23-14-9-11-15(12-10-14)24-20-13-19-17-6-3-4-8-21(17)25-22(19)18-7-2-1-5-16(18)20/h1-20,33H;1-20,31H;1-16,27H;1-13,24H. The molecule has 0 fully saturated rings. The first kappa shape index (κ1) is 72.4. The Morgan fingerprint density at radius 1 is 0.168 bits per heavy atom. The molecular weight excluding hydrogens is 1520 g/mol. The van der Waals surface area contributed by atoms with Crippen molar-refractivity contribution in [1.29, 1.82) is 0 Å². The number of benzene rings is 20. The zero-order valence-electron chi connectivity index (χ0n) is 64.3. The van der Waals surface area contributed by atoms with Crippen LogP contribution in [-0.2, 0) is 0 Å². The molecule has 0 spiro atoms. The van der Waals surface area contributed by atoms with E-state index in [4.69, 9.17) is 0 Å². The van der Waals surface area contributed by atoms with Crippen LogP contribution in [0.3, 0.4) is 0 Å². The van der Waals surface area contributed by atoms with E-state index in [0.29, 0.717) is 0 Å². The summed E-state index contributed by atoms with van der Waals surface area (Å²) in [5.41, 5.74) is 16.0. The fourth-order valence-electron chi connectivity index (χ4n) is 16.7. The predicted octanol–water partition coefficient (Wildman–Crippen LogP) is 34.1.